The van der Waals surface area contributed by atoms with Gasteiger partial charge in [-0.25, -0.2) is 0 Å². The molecular formula is C33H30O2S. The van der Waals surface area contributed by atoms with Crippen LogP contribution < -0.4 is 4.74 Å². The van der Waals surface area contributed by atoms with Crippen LogP contribution in [0.5, 0.6) is 5.75 Å². The minimum atomic E-state index is -0.210. The van der Waals surface area contributed by atoms with Crippen molar-refractivity contribution in [3.63, 3.8) is 0 Å². The summed E-state index contributed by atoms with van der Waals surface area (Å²) in [6, 6.07) is 37.0. The smallest absolute Gasteiger partial charge is 0.312 e. The van der Waals surface area contributed by atoms with Gasteiger partial charge in [-0.2, -0.15) is 0 Å². The van der Waals surface area contributed by atoms with Gasteiger partial charge in [0, 0.05) is 10.6 Å². The van der Waals surface area contributed by atoms with Gasteiger partial charge in [0.25, 0.3) is 0 Å². The molecule has 2 nitrogen and oxygen atoms in total. The fourth-order valence-corrected chi connectivity index (χ4v) is 4.72. The van der Waals surface area contributed by atoms with Crippen LogP contribution in [0, 0.1) is 0 Å². The van der Waals surface area contributed by atoms with Crippen molar-refractivity contribution in [3.8, 4) is 5.75 Å². The molecule has 0 N–H and O–H groups in total. The van der Waals surface area contributed by atoms with E-state index in [1.54, 1.807) is 11.8 Å². The summed E-state index contributed by atoms with van der Waals surface area (Å²) in [6.45, 7) is 4.00. The van der Waals surface area contributed by atoms with E-state index in [9.17, 15) is 4.79 Å². The molecule has 0 amide bonds. The van der Waals surface area contributed by atoms with Crippen LogP contribution in [0.1, 0.15) is 31.4 Å². The summed E-state index contributed by atoms with van der Waals surface area (Å²) in [4.78, 5) is 13.4. The van der Waals surface area contributed by atoms with Crippen LogP contribution in [-0.4, -0.2) is 11.7 Å². The molecule has 36 heavy (non-hydrogen) atoms. The maximum Gasteiger partial charge on any atom is 0.312 e. The lowest BCUT2D eigenvalue weighted by molar-refractivity contribution is -0.133. The van der Waals surface area contributed by atoms with Crippen molar-refractivity contribution < 1.29 is 9.53 Å². The minimum Gasteiger partial charge on any atom is -0.426 e. The Kier molecular flexibility index (Phi) is 8.96. The summed E-state index contributed by atoms with van der Waals surface area (Å²) in [5, 5.41) is 4.65. The monoisotopic (exact) mass is 490 g/mol. The summed E-state index contributed by atoms with van der Waals surface area (Å²) in [5.41, 5.74) is 2.30. The second kappa shape index (κ2) is 12.8. The maximum atomic E-state index is 12.2. The van der Waals surface area contributed by atoms with Gasteiger partial charge in [-0.3, -0.25) is 4.79 Å². The molecule has 5 aromatic rings. The predicted octanol–water partition coefficient (Wildman–Crippen LogP) is 9.28. The molecule has 0 aliphatic rings. The number of carbonyl (C=O) groups excluding carboxylic acids is 1. The van der Waals surface area contributed by atoms with E-state index >= 15 is 0 Å². The Hall–Kier alpha value is -3.82. The number of benzene rings is 5. The Morgan fingerprint density at radius 2 is 1.22 bits per heavy atom. The SMILES string of the molecule is CC.O=C(CCSc1ccccc1)Oc1ccc2cc(/C=C\c3ccc4ccccc4c3)ccc2c1. The predicted molar refractivity (Wildman–Crippen MR) is 156 cm³/mol. The Labute approximate surface area is 217 Å². The normalized spacial score (nSPS) is 10.8. The molecule has 0 unspecified atom stereocenters. The number of thioether (sulfide) groups is 1. The number of hydrogen-bond acceptors (Lipinski definition) is 3. The first-order valence-corrected chi connectivity index (χ1v) is 13.3. The molecule has 0 aliphatic carbocycles. The molecule has 0 aliphatic heterocycles. The van der Waals surface area contributed by atoms with Crippen LogP contribution in [0.15, 0.2) is 114 Å². The van der Waals surface area contributed by atoms with E-state index in [0.717, 1.165) is 21.2 Å². The van der Waals surface area contributed by atoms with E-state index < -0.39 is 0 Å². The Morgan fingerprint density at radius 1 is 0.667 bits per heavy atom. The quantitative estimate of drug-likeness (QED) is 0.0984. The maximum absolute atomic E-state index is 12.2. The van der Waals surface area contributed by atoms with E-state index in [1.807, 2.05) is 62.4 Å². The van der Waals surface area contributed by atoms with Gasteiger partial charge < -0.3 is 4.74 Å². The molecule has 5 rings (SSSR count). The van der Waals surface area contributed by atoms with Crippen molar-refractivity contribution in [2.24, 2.45) is 0 Å². The van der Waals surface area contributed by atoms with Gasteiger partial charge in [-0.15, -0.1) is 11.8 Å². The highest BCUT2D eigenvalue weighted by Crippen LogP contribution is 2.24. The van der Waals surface area contributed by atoms with Gasteiger partial charge in [0.05, 0.1) is 6.42 Å². The largest absolute Gasteiger partial charge is 0.426 e. The summed E-state index contributed by atoms with van der Waals surface area (Å²) >= 11 is 1.66. The first-order chi connectivity index (χ1) is 17.7. The molecule has 0 saturated heterocycles. The Balaban J connectivity index is 0.00000148. The molecule has 0 saturated carbocycles. The van der Waals surface area contributed by atoms with Crippen molar-refractivity contribution in [3.05, 3.63) is 120 Å². The van der Waals surface area contributed by atoms with Gasteiger partial charge in [0.2, 0.25) is 0 Å². The third-order valence-corrected chi connectivity index (χ3v) is 6.64. The van der Waals surface area contributed by atoms with Crippen molar-refractivity contribution in [2.75, 3.05) is 5.75 Å². The second-order valence-corrected chi connectivity index (χ2v) is 9.26. The van der Waals surface area contributed by atoms with Gasteiger partial charge >= 0.3 is 5.97 Å². The van der Waals surface area contributed by atoms with Crippen LogP contribution in [-0.2, 0) is 4.79 Å². The van der Waals surface area contributed by atoms with E-state index in [1.165, 1.54) is 16.3 Å². The van der Waals surface area contributed by atoms with Crippen LogP contribution in [0.3, 0.4) is 0 Å². The summed E-state index contributed by atoms with van der Waals surface area (Å²) in [7, 11) is 0. The lowest BCUT2D eigenvalue weighted by Crippen LogP contribution is -2.08. The second-order valence-electron chi connectivity index (χ2n) is 8.09. The molecule has 5 aromatic carbocycles. The van der Waals surface area contributed by atoms with E-state index in [0.29, 0.717) is 17.9 Å². The van der Waals surface area contributed by atoms with Crippen molar-refractivity contribution in [1.29, 1.82) is 0 Å². The Morgan fingerprint density at radius 3 is 1.94 bits per heavy atom. The number of esters is 1. The van der Waals surface area contributed by atoms with Crippen LogP contribution >= 0.6 is 11.8 Å². The summed E-state index contributed by atoms with van der Waals surface area (Å²) < 4.78 is 5.56. The third-order valence-electron chi connectivity index (χ3n) is 5.63. The minimum absolute atomic E-state index is 0.210. The van der Waals surface area contributed by atoms with Gasteiger partial charge in [0.15, 0.2) is 0 Å². The molecule has 0 fully saturated rings. The third kappa shape index (κ3) is 6.87. The highest BCUT2D eigenvalue weighted by Gasteiger charge is 2.07. The van der Waals surface area contributed by atoms with Gasteiger partial charge in [0.1, 0.15) is 5.75 Å². The molecule has 0 bridgehead atoms. The average Bonchev–Trinajstić information content (AvgIpc) is 2.93. The highest BCUT2D eigenvalue weighted by molar-refractivity contribution is 7.99. The number of rotatable bonds is 7. The fraction of sp³-hybridized carbons (Fsp3) is 0.121. The lowest BCUT2D eigenvalue weighted by atomic mass is 10.0. The van der Waals surface area contributed by atoms with E-state index in [-0.39, 0.29) is 5.97 Å². The zero-order valence-corrected chi connectivity index (χ0v) is 21.5. The van der Waals surface area contributed by atoms with Crippen molar-refractivity contribution >= 4 is 51.4 Å². The molecule has 0 radical (unpaired) electrons. The van der Waals surface area contributed by atoms with E-state index in [2.05, 4.69) is 72.8 Å². The number of carbonyl (C=O) groups is 1. The van der Waals surface area contributed by atoms with Crippen LogP contribution in [0.25, 0.3) is 33.7 Å². The molecule has 180 valence electrons. The fourth-order valence-electron chi connectivity index (χ4n) is 3.86. The standard InChI is InChI=1S/C31H24O2S.C2H6/c32-31(18-19-34-30-8-2-1-3-9-30)33-29-17-16-27-21-24(13-15-28(27)22-29)11-10-23-12-14-25-6-4-5-7-26(25)20-23;1-2/h1-17,20-22H,18-19H2;1-2H3/b11-10-;. The molecule has 0 atom stereocenters. The molecular weight excluding hydrogens is 460 g/mol. The number of hydrogen-bond donors (Lipinski definition) is 0. The Bertz CT molecular complexity index is 1470. The van der Waals surface area contributed by atoms with Crippen molar-refractivity contribution in [2.45, 2.75) is 25.2 Å². The van der Waals surface area contributed by atoms with E-state index in [4.69, 9.17) is 4.74 Å². The first kappa shape index (κ1) is 25.3. The highest BCUT2D eigenvalue weighted by atomic mass is 32.2. The molecule has 0 heterocycles. The topological polar surface area (TPSA) is 26.3 Å². The van der Waals surface area contributed by atoms with Crippen LogP contribution in [0.4, 0.5) is 0 Å². The van der Waals surface area contributed by atoms with Crippen LogP contribution in [0.2, 0.25) is 0 Å². The van der Waals surface area contributed by atoms with Crippen molar-refractivity contribution in [1.82, 2.24) is 0 Å². The summed E-state index contributed by atoms with van der Waals surface area (Å²) in [6.07, 6.45) is 4.63. The molecule has 0 spiro atoms. The summed E-state index contributed by atoms with van der Waals surface area (Å²) in [5.74, 6) is 1.07. The number of fused-ring (bicyclic) bond motifs is 2. The first-order valence-electron chi connectivity index (χ1n) is 12.3. The molecule has 0 aromatic heterocycles. The zero-order valence-electron chi connectivity index (χ0n) is 20.7. The lowest BCUT2D eigenvalue weighted by Gasteiger charge is -2.07. The number of ether oxygens (including phenoxy) is 1. The average molecular weight is 491 g/mol. The van der Waals surface area contributed by atoms with Gasteiger partial charge in [-0.05, 0) is 69.1 Å². The van der Waals surface area contributed by atoms with Gasteiger partial charge in [-0.1, -0.05) is 98.8 Å². The zero-order chi connectivity index (χ0) is 25.2. The molecule has 3 heteroatoms.